The zero-order valence-electron chi connectivity index (χ0n) is 9.03. The second kappa shape index (κ2) is 4.82. The van der Waals surface area contributed by atoms with E-state index < -0.39 is 0 Å². The van der Waals surface area contributed by atoms with Crippen LogP contribution in [0.4, 0.5) is 0 Å². The average Bonchev–Trinajstić information content (AvgIpc) is 2.14. The quantitative estimate of drug-likeness (QED) is 0.748. The lowest BCUT2D eigenvalue weighted by Gasteiger charge is -2.05. The van der Waals surface area contributed by atoms with Crippen LogP contribution in [0.5, 0.6) is 11.5 Å². The number of hydrogen-bond acceptors (Lipinski definition) is 3. The Kier molecular flexibility index (Phi) is 3.72. The number of hydrogen-bond donors (Lipinski definition) is 2. The normalized spacial score (nSPS) is 10.6. The SMILES string of the molecule is CC(C)CCC(=O)c1ccc(O)cc1O. The van der Waals surface area contributed by atoms with Gasteiger partial charge in [-0.25, -0.2) is 0 Å². The van der Waals surface area contributed by atoms with Crippen molar-refractivity contribution in [2.24, 2.45) is 5.92 Å². The fourth-order valence-electron chi connectivity index (χ4n) is 1.31. The topological polar surface area (TPSA) is 57.5 Å². The number of rotatable bonds is 4. The molecule has 1 aromatic rings. The van der Waals surface area contributed by atoms with Crippen LogP contribution >= 0.6 is 0 Å². The highest BCUT2D eigenvalue weighted by molar-refractivity contribution is 5.98. The summed E-state index contributed by atoms with van der Waals surface area (Å²) in [5, 5.41) is 18.5. The minimum Gasteiger partial charge on any atom is -0.508 e. The number of benzene rings is 1. The van der Waals surface area contributed by atoms with Crippen LogP contribution in [-0.4, -0.2) is 16.0 Å². The van der Waals surface area contributed by atoms with Crippen molar-refractivity contribution in [2.45, 2.75) is 26.7 Å². The van der Waals surface area contributed by atoms with E-state index in [4.69, 9.17) is 5.11 Å². The monoisotopic (exact) mass is 208 g/mol. The molecule has 82 valence electrons. The molecule has 0 unspecified atom stereocenters. The maximum atomic E-state index is 11.6. The molecule has 0 amide bonds. The van der Waals surface area contributed by atoms with Gasteiger partial charge in [0.25, 0.3) is 0 Å². The summed E-state index contributed by atoms with van der Waals surface area (Å²) in [7, 11) is 0. The highest BCUT2D eigenvalue weighted by Crippen LogP contribution is 2.24. The largest absolute Gasteiger partial charge is 0.508 e. The lowest BCUT2D eigenvalue weighted by Crippen LogP contribution is -2.01. The number of ketones is 1. The molecule has 0 radical (unpaired) electrons. The number of aromatic hydroxyl groups is 2. The molecule has 1 aromatic carbocycles. The summed E-state index contributed by atoms with van der Waals surface area (Å²) in [6.07, 6.45) is 1.23. The molecule has 0 fully saturated rings. The zero-order valence-corrected chi connectivity index (χ0v) is 9.03. The van der Waals surface area contributed by atoms with Crippen LogP contribution in [0.3, 0.4) is 0 Å². The van der Waals surface area contributed by atoms with Gasteiger partial charge in [0.15, 0.2) is 5.78 Å². The first-order valence-corrected chi connectivity index (χ1v) is 5.06. The highest BCUT2D eigenvalue weighted by Gasteiger charge is 2.11. The van der Waals surface area contributed by atoms with Crippen molar-refractivity contribution in [3.8, 4) is 11.5 Å². The summed E-state index contributed by atoms with van der Waals surface area (Å²) in [4.78, 5) is 11.6. The first-order chi connectivity index (χ1) is 7.00. The summed E-state index contributed by atoms with van der Waals surface area (Å²) in [6, 6.07) is 4.04. The summed E-state index contributed by atoms with van der Waals surface area (Å²) in [6.45, 7) is 4.09. The second-order valence-corrected chi connectivity index (χ2v) is 4.06. The van der Waals surface area contributed by atoms with Crippen LogP contribution in [0.25, 0.3) is 0 Å². The van der Waals surface area contributed by atoms with Crippen molar-refractivity contribution in [1.82, 2.24) is 0 Å². The molecule has 3 nitrogen and oxygen atoms in total. The van der Waals surface area contributed by atoms with Crippen LogP contribution < -0.4 is 0 Å². The Bertz CT molecular complexity index is 356. The van der Waals surface area contributed by atoms with Crippen molar-refractivity contribution >= 4 is 5.78 Å². The van der Waals surface area contributed by atoms with Gasteiger partial charge in [-0.1, -0.05) is 13.8 Å². The van der Waals surface area contributed by atoms with E-state index in [1.54, 1.807) is 0 Å². The van der Waals surface area contributed by atoms with Gasteiger partial charge in [-0.2, -0.15) is 0 Å². The van der Waals surface area contributed by atoms with Gasteiger partial charge in [-0.05, 0) is 24.5 Å². The fourth-order valence-corrected chi connectivity index (χ4v) is 1.31. The Morgan fingerprint density at radius 3 is 2.53 bits per heavy atom. The molecule has 0 spiro atoms. The van der Waals surface area contributed by atoms with Gasteiger partial charge in [-0.15, -0.1) is 0 Å². The Labute approximate surface area is 89.4 Å². The van der Waals surface area contributed by atoms with Gasteiger partial charge >= 0.3 is 0 Å². The third-order valence-electron chi connectivity index (χ3n) is 2.23. The van der Waals surface area contributed by atoms with Crippen LogP contribution in [0.15, 0.2) is 18.2 Å². The molecule has 0 bridgehead atoms. The highest BCUT2D eigenvalue weighted by atomic mass is 16.3. The molecular formula is C12H16O3. The van der Waals surface area contributed by atoms with Crippen molar-refractivity contribution < 1.29 is 15.0 Å². The van der Waals surface area contributed by atoms with Gasteiger partial charge in [-0.3, -0.25) is 4.79 Å². The molecule has 0 aliphatic carbocycles. The summed E-state index contributed by atoms with van der Waals surface area (Å²) in [5.74, 6) is 0.200. The van der Waals surface area contributed by atoms with Gasteiger partial charge in [0.2, 0.25) is 0 Å². The Morgan fingerprint density at radius 1 is 1.33 bits per heavy atom. The lowest BCUT2D eigenvalue weighted by molar-refractivity contribution is 0.0973. The van der Waals surface area contributed by atoms with E-state index in [2.05, 4.69) is 0 Å². The molecule has 0 aromatic heterocycles. The summed E-state index contributed by atoms with van der Waals surface area (Å²) >= 11 is 0. The first-order valence-electron chi connectivity index (χ1n) is 5.06. The number of Topliss-reactive ketones (excluding diaryl/α,β-unsaturated/α-hetero) is 1. The van der Waals surface area contributed by atoms with Gasteiger partial charge in [0.05, 0.1) is 5.56 Å². The summed E-state index contributed by atoms with van der Waals surface area (Å²) in [5.41, 5.74) is 0.286. The minimum absolute atomic E-state index is 0.0343. The van der Waals surface area contributed by atoms with Crippen LogP contribution in [0.1, 0.15) is 37.0 Å². The number of carbonyl (C=O) groups excluding carboxylic acids is 1. The van der Waals surface area contributed by atoms with E-state index in [1.807, 2.05) is 13.8 Å². The van der Waals surface area contributed by atoms with Crippen LogP contribution in [-0.2, 0) is 0 Å². The lowest BCUT2D eigenvalue weighted by atomic mass is 10.0. The maximum absolute atomic E-state index is 11.6. The van der Waals surface area contributed by atoms with Crippen LogP contribution in [0, 0.1) is 5.92 Å². The molecule has 0 aliphatic heterocycles. The van der Waals surface area contributed by atoms with Gasteiger partial charge in [0.1, 0.15) is 11.5 Å². The molecule has 15 heavy (non-hydrogen) atoms. The Hall–Kier alpha value is -1.51. The van der Waals surface area contributed by atoms with Crippen molar-refractivity contribution in [2.75, 3.05) is 0 Å². The van der Waals surface area contributed by atoms with Gasteiger partial charge in [0, 0.05) is 12.5 Å². The van der Waals surface area contributed by atoms with Gasteiger partial charge < -0.3 is 10.2 Å². The van der Waals surface area contributed by atoms with E-state index >= 15 is 0 Å². The van der Waals surface area contributed by atoms with E-state index in [1.165, 1.54) is 18.2 Å². The predicted molar refractivity (Wildman–Crippen MR) is 58.2 cm³/mol. The smallest absolute Gasteiger partial charge is 0.166 e. The molecule has 3 heteroatoms. The fraction of sp³-hybridized carbons (Fsp3) is 0.417. The Morgan fingerprint density at radius 2 is 2.00 bits per heavy atom. The molecule has 0 atom stereocenters. The molecular weight excluding hydrogens is 192 g/mol. The van der Waals surface area contributed by atoms with Crippen LogP contribution in [0.2, 0.25) is 0 Å². The van der Waals surface area contributed by atoms with Crippen molar-refractivity contribution in [1.29, 1.82) is 0 Å². The van der Waals surface area contributed by atoms with E-state index in [0.29, 0.717) is 12.3 Å². The second-order valence-electron chi connectivity index (χ2n) is 4.06. The molecule has 1 rings (SSSR count). The van der Waals surface area contributed by atoms with E-state index in [9.17, 15) is 9.90 Å². The van der Waals surface area contributed by atoms with Crippen molar-refractivity contribution in [3.05, 3.63) is 23.8 Å². The molecule has 0 saturated heterocycles. The third-order valence-corrected chi connectivity index (χ3v) is 2.23. The minimum atomic E-state index is -0.149. The zero-order chi connectivity index (χ0) is 11.4. The first kappa shape index (κ1) is 11.6. The standard InChI is InChI=1S/C12H16O3/c1-8(2)3-6-11(14)10-5-4-9(13)7-12(10)15/h4-5,7-8,13,15H,3,6H2,1-2H3. The molecule has 2 N–H and O–H groups in total. The number of carbonyl (C=O) groups is 1. The maximum Gasteiger partial charge on any atom is 0.166 e. The molecule has 0 saturated carbocycles. The number of phenols is 2. The molecule has 0 aliphatic rings. The predicted octanol–water partition coefficient (Wildman–Crippen LogP) is 2.72. The number of phenolic OH excluding ortho intramolecular Hbond substituents is 2. The molecule has 0 heterocycles. The van der Waals surface area contributed by atoms with E-state index in [-0.39, 0.29) is 22.8 Å². The third kappa shape index (κ3) is 3.27. The average molecular weight is 208 g/mol. The van der Waals surface area contributed by atoms with Crippen molar-refractivity contribution in [3.63, 3.8) is 0 Å². The van der Waals surface area contributed by atoms with E-state index in [0.717, 1.165) is 6.42 Å². The Balaban J connectivity index is 2.74. The summed E-state index contributed by atoms with van der Waals surface area (Å²) < 4.78 is 0.